The standard InChI is InChI=1S/C31H41N3.2CH3.Fe/c1-20(2)26-12-10-13-27(21(3)4)30(26)32-18-24-16-17-25(34(24)9)19-33-31-28(22(5)6)14-11-15-29(31)23(7)8;;;/h10-23H,1-9H3;2*1H3;/q;2*-1;+2. The van der Waals surface area contributed by atoms with Gasteiger partial charge in [0.1, 0.15) is 0 Å². The summed E-state index contributed by atoms with van der Waals surface area (Å²) in [4.78, 5) is 9.99. The van der Waals surface area contributed by atoms with Crippen molar-refractivity contribution in [1.29, 1.82) is 0 Å². The minimum absolute atomic E-state index is 0. The van der Waals surface area contributed by atoms with Gasteiger partial charge < -0.3 is 19.4 Å². The predicted molar refractivity (Wildman–Crippen MR) is 162 cm³/mol. The van der Waals surface area contributed by atoms with Crippen molar-refractivity contribution >= 4 is 23.8 Å². The molecule has 0 aliphatic heterocycles. The van der Waals surface area contributed by atoms with Crippen molar-refractivity contribution in [2.75, 3.05) is 0 Å². The molecule has 0 N–H and O–H groups in total. The fraction of sp³-hybridized carbons (Fsp3) is 0.394. The summed E-state index contributed by atoms with van der Waals surface area (Å²) < 4.78 is 2.16. The van der Waals surface area contributed by atoms with Crippen molar-refractivity contribution in [2.45, 2.75) is 79.1 Å². The van der Waals surface area contributed by atoms with E-state index in [1.165, 1.54) is 22.3 Å². The van der Waals surface area contributed by atoms with Crippen molar-refractivity contribution in [3.8, 4) is 0 Å². The number of hydrogen-bond acceptors (Lipinski definition) is 2. The van der Waals surface area contributed by atoms with Gasteiger partial charge in [0.25, 0.3) is 0 Å². The number of benzene rings is 2. The average Bonchev–Trinajstić information content (AvgIpc) is 3.14. The first-order chi connectivity index (χ1) is 16.1. The summed E-state index contributed by atoms with van der Waals surface area (Å²) in [5, 5.41) is 0. The Hall–Kier alpha value is -2.42. The van der Waals surface area contributed by atoms with Crippen LogP contribution in [0.1, 0.15) is 113 Å². The molecule has 0 bridgehead atoms. The molecule has 0 amide bonds. The maximum absolute atomic E-state index is 5.00. The van der Waals surface area contributed by atoms with Crippen molar-refractivity contribution in [1.82, 2.24) is 4.57 Å². The van der Waals surface area contributed by atoms with E-state index in [1.54, 1.807) is 0 Å². The van der Waals surface area contributed by atoms with E-state index in [9.17, 15) is 0 Å². The number of nitrogens with zero attached hydrogens (tertiary/aromatic N) is 3. The molecule has 0 fully saturated rings. The molecular formula is C33H47FeN3. The molecule has 202 valence electrons. The van der Waals surface area contributed by atoms with Crippen molar-refractivity contribution < 1.29 is 17.1 Å². The van der Waals surface area contributed by atoms with E-state index in [-0.39, 0.29) is 31.9 Å². The molecule has 0 unspecified atom stereocenters. The van der Waals surface area contributed by atoms with E-state index in [0.29, 0.717) is 23.7 Å². The Balaban J connectivity index is 0.00000432. The summed E-state index contributed by atoms with van der Waals surface area (Å²) in [5.41, 5.74) is 9.53. The van der Waals surface area contributed by atoms with Crippen molar-refractivity contribution in [3.63, 3.8) is 0 Å². The SMILES string of the molecule is CC(C)c1cccc(C(C)C)c1N=Cc1ccc(C=Nc2c(C(C)C)cccc2C(C)C)n1C.[CH3-].[CH3-].[Fe+2]. The number of aliphatic imine (C=N–C) groups is 2. The molecule has 0 atom stereocenters. The molecule has 0 radical (unpaired) electrons. The first-order valence-electron chi connectivity index (χ1n) is 12.6. The summed E-state index contributed by atoms with van der Waals surface area (Å²) in [6.45, 7) is 17.9. The zero-order valence-electron chi connectivity index (χ0n) is 24.8. The Labute approximate surface area is 238 Å². The third kappa shape index (κ3) is 8.03. The van der Waals surface area contributed by atoms with Gasteiger partial charge in [-0.15, -0.1) is 0 Å². The molecule has 0 spiro atoms. The Morgan fingerprint density at radius 2 is 0.811 bits per heavy atom. The zero-order chi connectivity index (χ0) is 25.0. The summed E-state index contributed by atoms with van der Waals surface area (Å²) >= 11 is 0. The number of hydrogen-bond donors (Lipinski definition) is 0. The van der Waals surface area contributed by atoms with Crippen LogP contribution in [0.2, 0.25) is 0 Å². The average molecular weight is 542 g/mol. The van der Waals surface area contributed by atoms with Crippen LogP contribution in [0, 0.1) is 14.9 Å². The van der Waals surface area contributed by atoms with Gasteiger partial charge in [-0.2, -0.15) is 0 Å². The Kier molecular flexibility index (Phi) is 14.1. The van der Waals surface area contributed by atoms with Gasteiger partial charge >= 0.3 is 17.1 Å². The Morgan fingerprint density at radius 3 is 1.05 bits per heavy atom. The molecule has 4 heteroatoms. The van der Waals surface area contributed by atoms with E-state index in [0.717, 1.165) is 22.8 Å². The van der Waals surface area contributed by atoms with Crippen LogP contribution in [0.25, 0.3) is 0 Å². The Morgan fingerprint density at radius 1 is 0.541 bits per heavy atom. The molecule has 3 rings (SSSR count). The molecule has 0 aliphatic rings. The maximum Gasteiger partial charge on any atom is 2.00 e. The summed E-state index contributed by atoms with van der Waals surface area (Å²) in [6, 6.07) is 17.3. The molecule has 0 aliphatic carbocycles. The van der Waals surface area contributed by atoms with E-state index < -0.39 is 0 Å². The van der Waals surface area contributed by atoms with Crippen molar-refractivity contribution in [2.24, 2.45) is 17.0 Å². The van der Waals surface area contributed by atoms with Gasteiger partial charge in [0.05, 0.1) is 35.2 Å². The second kappa shape index (κ2) is 15.1. The molecule has 0 saturated heterocycles. The summed E-state index contributed by atoms with van der Waals surface area (Å²) in [7, 11) is 2.08. The third-order valence-corrected chi connectivity index (χ3v) is 6.54. The molecule has 2 aromatic carbocycles. The second-order valence-electron chi connectivity index (χ2n) is 10.4. The predicted octanol–water partition coefficient (Wildman–Crippen LogP) is 9.92. The van der Waals surface area contributed by atoms with Gasteiger partial charge in [-0.1, -0.05) is 91.8 Å². The summed E-state index contributed by atoms with van der Waals surface area (Å²) in [5.74, 6) is 1.72. The minimum atomic E-state index is 0. The van der Waals surface area contributed by atoms with Crippen LogP contribution in [0.5, 0.6) is 0 Å². The largest absolute Gasteiger partial charge is 2.00 e. The second-order valence-corrected chi connectivity index (χ2v) is 10.4. The van der Waals surface area contributed by atoms with Gasteiger partial charge in [0.15, 0.2) is 0 Å². The van der Waals surface area contributed by atoms with Crippen LogP contribution in [0.3, 0.4) is 0 Å². The van der Waals surface area contributed by atoms with Gasteiger partial charge in [0, 0.05) is 7.05 Å². The zero-order valence-corrected chi connectivity index (χ0v) is 25.9. The van der Waals surface area contributed by atoms with Crippen LogP contribution < -0.4 is 0 Å². The first kappa shape index (κ1) is 34.6. The number of para-hydroxylation sites is 2. The first-order valence-corrected chi connectivity index (χ1v) is 12.6. The van der Waals surface area contributed by atoms with Crippen LogP contribution in [0.15, 0.2) is 58.5 Å². The quantitative estimate of drug-likeness (QED) is 0.154. The van der Waals surface area contributed by atoms with E-state index in [4.69, 9.17) is 9.98 Å². The van der Waals surface area contributed by atoms with E-state index in [2.05, 4.69) is 116 Å². The van der Waals surface area contributed by atoms with Crippen LogP contribution >= 0.6 is 0 Å². The smallest absolute Gasteiger partial charge is 0.358 e. The molecule has 1 aromatic heterocycles. The molecule has 37 heavy (non-hydrogen) atoms. The fourth-order valence-electron chi connectivity index (χ4n) is 4.39. The molecular weight excluding hydrogens is 494 g/mol. The van der Waals surface area contributed by atoms with Crippen LogP contribution in [-0.2, 0) is 24.1 Å². The monoisotopic (exact) mass is 541 g/mol. The maximum atomic E-state index is 5.00. The van der Waals surface area contributed by atoms with Gasteiger partial charge in [-0.3, -0.25) is 9.98 Å². The molecule has 3 nitrogen and oxygen atoms in total. The fourth-order valence-corrected chi connectivity index (χ4v) is 4.39. The summed E-state index contributed by atoms with van der Waals surface area (Å²) in [6.07, 6.45) is 3.98. The molecule has 3 aromatic rings. The minimum Gasteiger partial charge on any atom is -0.358 e. The van der Waals surface area contributed by atoms with Gasteiger partial charge in [-0.05, 0) is 58.1 Å². The van der Waals surface area contributed by atoms with Crippen LogP contribution in [0.4, 0.5) is 11.4 Å². The number of aromatic nitrogens is 1. The topological polar surface area (TPSA) is 29.6 Å². The van der Waals surface area contributed by atoms with E-state index >= 15 is 0 Å². The number of rotatable bonds is 8. The van der Waals surface area contributed by atoms with E-state index in [1.807, 2.05) is 12.4 Å². The van der Waals surface area contributed by atoms with Gasteiger partial charge in [-0.25, -0.2) is 0 Å². The molecule has 0 saturated carbocycles. The Bertz CT molecular complexity index is 1040. The molecule has 1 heterocycles. The third-order valence-electron chi connectivity index (χ3n) is 6.54. The van der Waals surface area contributed by atoms with Crippen LogP contribution in [-0.4, -0.2) is 17.0 Å². The van der Waals surface area contributed by atoms with Gasteiger partial charge in [0.2, 0.25) is 0 Å². The van der Waals surface area contributed by atoms with Crippen molar-refractivity contribution in [3.05, 3.63) is 97.0 Å². The normalized spacial score (nSPS) is 11.5.